The van der Waals surface area contributed by atoms with E-state index in [4.69, 9.17) is 0 Å². The van der Waals surface area contributed by atoms with Gasteiger partial charge in [-0.25, -0.2) is 0 Å². The molecule has 2 unspecified atom stereocenters. The van der Waals surface area contributed by atoms with Gasteiger partial charge in [-0.1, -0.05) is 12.5 Å². The quantitative estimate of drug-likeness (QED) is 0.637. The van der Waals surface area contributed by atoms with Gasteiger partial charge in [0.05, 0.1) is 0 Å². The number of amides is 1. The molecule has 1 saturated carbocycles. The molecule has 2 heteroatoms. The summed E-state index contributed by atoms with van der Waals surface area (Å²) in [5.74, 6) is 1.60. The van der Waals surface area contributed by atoms with Crippen molar-refractivity contribution in [2.45, 2.75) is 27.2 Å². The number of hydrogen-bond acceptors (Lipinski definition) is 1. The molecular weight excluding hydrogens is 150 g/mol. The van der Waals surface area contributed by atoms with E-state index in [1.54, 1.807) is 6.08 Å². The van der Waals surface area contributed by atoms with E-state index in [1.807, 2.05) is 13.8 Å². The molecule has 0 aromatic heterocycles. The van der Waals surface area contributed by atoms with Crippen LogP contribution in [-0.2, 0) is 4.79 Å². The molecule has 0 aromatic rings. The number of allylic oxidation sites excluding steroid dienone is 1. The molecule has 0 bridgehead atoms. The minimum absolute atomic E-state index is 0.0501. The third-order valence-electron chi connectivity index (χ3n) is 2.23. The molecule has 2 atom stereocenters. The van der Waals surface area contributed by atoms with Crippen LogP contribution in [0.25, 0.3) is 0 Å². The molecule has 1 N–H and O–H groups in total. The van der Waals surface area contributed by atoms with Gasteiger partial charge in [-0.05, 0) is 32.1 Å². The van der Waals surface area contributed by atoms with Crippen LogP contribution in [0.15, 0.2) is 11.6 Å². The van der Waals surface area contributed by atoms with Crippen LogP contribution in [-0.4, -0.2) is 12.5 Å². The number of carbonyl (C=O) groups excluding carboxylic acids is 1. The molecule has 1 fully saturated rings. The predicted octanol–water partition coefficient (Wildman–Crippen LogP) is 1.72. The fraction of sp³-hybridized carbons (Fsp3) is 0.700. The van der Waals surface area contributed by atoms with Crippen molar-refractivity contribution >= 4 is 5.91 Å². The van der Waals surface area contributed by atoms with Crippen molar-refractivity contribution in [3.63, 3.8) is 0 Å². The molecule has 1 aliphatic rings. The molecule has 0 aromatic carbocycles. The number of carbonyl (C=O) groups is 1. The van der Waals surface area contributed by atoms with Crippen molar-refractivity contribution in [2.24, 2.45) is 11.8 Å². The maximum Gasteiger partial charge on any atom is 0.243 e. The Kier molecular flexibility index (Phi) is 2.90. The van der Waals surface area contributed by atoms with Crippen molar-refractivity contribution in [3.05, 3.63) is 11.6 Å². The number of nitrogens with one attached hydrogen (secondary N) is 1. The van der Waals surface area contributed by atoms with E-state index in [9.17, 15) is 4.79 Å². The normalized spacial score (nSPS) is 26.2. The smallest absolute Gasteiger partial charge is 0.243 e. The molecule has 1 rings (SSSR count). The fourth-order valence-electron chi connectivity index (χ4n) is 1.23. The Labute approximate surface area is 74.0 Å². The summed E-state index contributed by atoms with van der Waals surface area (Å²) >= 11 is 0. The molecule has 0 radical (unpaired) electrons. The Morgan fingerprint density at radius 3 is 2.58 bits per heavy atom. The van der Waals surface area contributed by atoms with Gasteiger partial charge in [-0.3, -0.25) is 4.79 Å². The van der Waals surface area contributed by atoms with E-state index in [2.05, 4.69) is 12.2 Å². The van der Waals surface area contributed by atoms with Crippen LogP contribution in [0.3, 0.4) is 0 Å². The summed E-state index contributed by atoms with van der Waals surface area (Å²) in [6.45, 7) is 6.93. The third-order valence-corrected chi connectivity index (χ3v) is 2.23. The molecule has 0 heterocycles. The molecule has 2 nitrogen and oxygen atoms in total. The summed E-state index contributed by atoms with van der Waals surface area (Å²) in [5.41, 5.74) is 1.05. The first-order valence-corrected chi connectivity index (χ1v) is 4.52. The highest BCUT2D eigenvalue weighted by Crippen LogP contribution is 2.36. The SMILES string of the molecule is CC(C)=CC(=O)NCC1CC1C. The van der Waals surface area contributed by atoms with E-state index in [-0.39, 0.29) is 5.91 Å². The summed E-state index contributed by atoms with van der Waals surface area (Å²) in [6.07, 6.45) is 2.92. The van der Waals surface area contributed by atoms with Crippen LogP contribution in [0.2, 0.25) is 0 Å². The number of rotatable bonds is 3. The summed E-state index contributed by atoms with van der Waals surface area (Å²) in [5, 5.41) is 2.89. The average molecular weight is 167 g/mol. The highest BCUT2D eigenvalue weighted by atomic mass is 16.1. The molecule has 1 amide bonds. The Morgan fingerprint density at radius 2 is 2.17 bits per heavy atom. The van der Waals surface area contributed by atoms with Gasteiger partial charge in [0.25, 0.3) is 0 Å². The van der Waals surface area contributed by atoms with Gasteiger partial charge in [-0.2, -0.15) is 0 Å². The fourth-order valence-corrected chi connectivity index (χ4v) is 1.23. The van der Waals surface area contributed by atoms with Gasteiger partial charge in [0.15, 0.2) is 0 Å². The lowest BCUT2D eigenvalue weighted by atomic mass is 10.3. The van der Waals surface area contributed by atoms with Crippen LogP contribution in [0, 0.1) is 11.8 Å². The standard InChI is InChI=1S/C10H17NO/c1-7(2)4-10(12)11-6-9-5-8(9)3/h4,8-9H,5-6H2,1-3H3,(H,11,12). The van der Waals surface area contributed by atoms with Crippen molar-refractivity contribution < 1.29 is 4.79 Å². The average Bonchev–Trinajstić information content (AvgIpc) is 2.61. The lowest BCUT2D eigenvalue weighted by molar-refractivity contribution is -0.116. The molecule has 0 aliphatic heterocycles. The first kappa shape index (κ1) is 9.30. The lowest BCUT2D eigenvalue weighted by Gasteiger charge is -1.99. The third kappa shape index (κ3) is 3.07. The van der Waals surface area contributed by atoms with Crippen molar-refractivity contribution in [1.29, 1.82) is 0 Å². The second kappa shape index (κ2) is 3.74. The second-order valence-corrected chi connectivity index (χ2v) is 3.94. The predicted molar refractivity (Wildman–Crippen MR) is 49.7 cm³/mol. The van der Waals surface area contributed by atoms with Crippen molar-refractivity contribution in [1.82, 2.24) is 5.32 Å². The molecule has 12 heavy (non-hydrogen) atoms. The maximum absolute atomic E-state index is 11.1. The zero-order chi connectivity index (χ0) is 9.14. The van der Waals surface area contributed by atoms with Gasteiger partial charge < -0.3 is 5.32 Å². The Hall–Kier alpha value is -0.790. The first-order valence-electron chi connectivity index (χ1n) is 4.52. The van der Waals surface area contributed by atoms with E-state index in [0.717, 1.165) is 24.0 Å². The van der Waals surface area contributed by atoms with Gasteiger partial charge in [0.1, 0.15) is 0 Å². The molecule has 0 saturated heterocycles. The zero-order valence-electron chi connectivity index (χ0n) is 8.05. The van der Waals surface area contributed by atoms with Crippen molar-refractivity contribution in [3.8, 4) is 0 Å². The van der Waals surface area contributed by atoms with Crippen LogP contribution in [0.1, 0.15) is 27.2 Å². The summed E-state index contributed by atoms with van der Waals surface area (Å²) < 4.78 is 0. The van der Waals surface area contributed by atoms with Crippen LogP contribution in [0.5, 0.6) is 0 Å². The topological polar surface area (TPSA) is 29.1 Å². The van der Waals surface area contributed by atoms with E-state index >= 15 is 0 Å². The van der Waals surface area contributed by atoms with Crippen LogP contribution >= 0.6 is 0 Å². The molecule has 1 aliphatic carbocycles. The van der Waals surface area contributed by atoms with Crippen LogP contribution < -0.4 is 5.32 Å². The lowest BCUT2D eigenvalue weighted by Crippen LogP contribution is -2.23. The van der Waals surface area contributed by atoms with Gasteiger partial charge >= 0.3 is 0 Å². The molecule has 68 valence electrons. The van der Waals surface area contributed by atoms with E-state index < -0.39 is 0 Å². The number of hydrogen-bond donors (Lipinski definition) is 1. The monoisotopic (exact) mass is 167 g/mol. The van der Waals surface area contributed by atoms with Gasteiger partial charge in [0, 0.05) is 12.6 Å². The Morgan fingerprint density at radius 1 is 1.58 bits per heavy atom. The molecular formula is C10H17NO. The van der Waals surface area contributed by atoms with Gasteiger partial charge in [-0.15, -0.1) is 0 Å². The molecule has 0 spiro atoms. The summed E-state index contributed by atoms with van der Waals surface area (Å²) in [7, 11) is 0. The summed E-state index contributed by atoms with van der Waals surface area (Å²) in [6, 6.07) is 0. The Balaban J connectivity index is 2.15. The zero-order valence-corrected chi connectivity index (χ0v) is 8.05. The largest absolute Gasteiger partial charge is 0.352 e. The van der Waals surface area contributed by atoms with Crippen LogP contribution in [0.4, 0.5) is 0 Å². The minimum Gasteiger partial charge on any atom is -0.352 e. The highest BCUT2D eigenvalue weighted by Gasteiger charge is 2.32. The van der Waals surface area contributed by atoms with E-state index in [1.165, 1.54) is 6.42 Å². The van der Waals surface area contributed by atoms with Crippen molar-refractivity contribution in [2.75, 3.05) is 6.54 Å². The minimum atomic E-state index is 0.0501. The maximum atomic E-state index is 11.1. The summed E-state index contributed by atoms with van der Waals surface area (Å²) in [4.78, 5) is 11.1. The first-order chi connectivity index (χ1) is 5.59. The van der Waals surface area contributed by atoms with Gasteiger partial charge in [0.2, 0.25) is 5.91 Å². The van der Waals surface area contributed by atoms with E-state index in [0.29, 0.717) is 0 Å². The Bertz CT molecular complexity index is 204. The second-order valence-electron chi connectivity index (χ2n) is 3.94. The highest BCUT2D eigenvalue weighted by molar-refractivity contribution is 5.88.